The average molecular weight is 462 g/mol. The lowest BCUT2D eigenvalue weighted by Crippen LogP contribution is -2.33. The largest absolute Gasteiger partial charge is 0.325 e. The van der Waals surface area contributed by atoms with E-state index in [2.05, 4.69) is 15.3 Å². The highest BCUT2D eigenvalue weighted by Crippen LogP contribution is 2.34. The fraction of sp³-hybridized carbons (Fsp3) is 0.174. The number of nitrogens with zero attached hydrogens (tertiary/aromatic N) is 4. The molecule has 2 aromatic carbocycles. The molecule has 2 heterocycles. The number of rotatable bonds is 6. The summed E-state index contributed by atoms with van der Waals surface area (Å²) in [5.74, 6) is -0.476. The zero-order valence-electron chi connectivity index (χ0n) is 17.2. The van der Waals surface area contributed by atoms with Crippen LogP contribution in [0.15, 0.2) is 65.0 Å². The Morgan fingerprint density at radius 2 is 1.97 bits per heavy atom. The first-order valence-corrected chi connectivity index (χ1v) is 11.7. The van der Waals surface area contributed by atoms with Crippen LogP contribution < -0.4 is 5.32 Å². The van der Waals surface area contributed by atoms with Crippen LogP contribution in [0.25, 0.3) is 11.3 Å². The average Bonchev–Trinajstić information content (AvgIpc) is 3.39. The van der Waals surface area contributed by atoms with E-state index < -0.39 is 5.25 Å². The van der Waals surface area contributed by atoms with Crippen molar-refractivity contribution >= 4 is 50.9 Å². The molecule has 1 aliphatic rings. The van der Waals surface area contributed by atoms with Crippen molar-refractivity contribution in [3.63, 3.8) is 0 Å². The molecule has 7 nitrogen and oxygen atoms in total. The zero-order chi connectivity index (χ0) is 22.5. The molecule has 0 bridgehead atoms. The summed E-state index contributed by atoms with van der Waals surface area (Å²) in [5, 5.41) is 14.4. The molecule has 0 saturated carbocycles. The highest BCUT2D eigenvalue weighted by atomic mass is 32.2. The van der Waals surface area contributed by atoms with Gasteiger partial charge in [-0.1, -0.05) is 54.2 Å². The molecule has 2 amide bonds. The van der Waals surface area contributed by atoms with Gasteiger partial charge in [0.25, 0.3) is 0 Å². The molecule has 4 rings (SSSR count). The van der Waals surface area contributed by atoms with E-state index in [-0.39, 0.29) is 18.2 Å². The number of nitrogens with one attached hydrogen (secondary N) is 1. The van der Waals surface area contributed by atoms with Crippen LogP contribution in [0.1, 0.15) is 18.9 Å². The quantitative estimate of drug-likeness (QED) is 0.576. The molecule has 3 aromatic rings. The van der Waals surface area contributed by atoms with Crippen molar-refractivity contribution in [2.24, 2.45) is 4.99 Å². The Labute approximate surface area is 193 Å². The van der Waals surface area contributed by atoms with E-state index >= 15 is 0 Å². The molecule has 9 heteroatoms. The molecule has 0 radical (unpaired) electrons. The maximum absolute atomic E-state index is 12.8. The summed E-state index contributed by atoms with van der Waals surface area (Å²) in [6.45, 7) is 2.33. The molecule has 1 fully saturated rings. The summed E-state index contributed by atoms with van der Waals surface area (Å²) in [6, 6.07) is 18.6. The number of aromatic nitrogens is 1. The second kappa shape index (κ2) is 9.77. The fourth-order valence-corrected chi connectivity index (χ4v) is 5.17. The first-order valence-electron chi connectivity index (χ1n) is 9.95. The van der Waals surface area contributed by atoms with Crippen LogP contribution in [0.3, 0.4) is 0 Å². The van der Waals surface area contributed by atoms with Crippen molar-refractivity contribution in [2.45, 2.75) is 18.6 Å². The Kier molecular flexibility index (Phi) is 6.63. The lowest BCUT2D eigenvalue weighted by atomic mass is 10.2. The van der Waals surface area contributed by atoms with Gasteiger partial charge in [0.05, 0.1) is 16.9 Å². The Balaban J connectivity index is 1.48. The van der Waals surface area contributed by atoms with E-state index in [0.29, 0.717) is 28.1 Å². The van der Waals surface area contributed by atoms with Crippen molar-refractivity contribution in [1.29, 1.82) is 5.26 Å². The van der Waals surface area contributed by atoms with E-state index in [1.807, 2.05) is 48.7 Å². The number of carbonyl (C=O) groups excluding carboxylic acids is 2. The van der Waals surface area contributed by atoms with Crippen LogP contribution in [0.5, 0.6) is 0 Å². The van der Waals surface area contributed by atoms with Gasteiger partial charge in [-0.2, -0.15) is 10.3 Å². The zero-order valence-corrected chi connectivity index (χ0v) is 18.8. The standard InChI is InChI=1S/C23H19N5O2S2/c1-2-28-21(30)19(12-20(29)25-17-11-7-6-10-16(17)13-24)32-23(28)27-22-26-18(14-31-22)15-8-4-3-5-9-15/h3-11,14,19H,2,12H2,1H3,(H,25,29)/b27-23+. The first-order chi connectivity index (χ1) is 15.6. The number of thiazole rings is 1. The third kappa shape index (κ3) is 4.72. The topological polar surface area (TPSA) is 98.5 Å². The Morgan fingerprint density at radius 1 is 1.22 bits per heavy atom. The number of carbonyl (C=O) groups is 2. The van der Waals surface area contributed by atoms with Gasteiger partial charge < -0.3 is 5.32 Å². The predicted octanol–water partition coefficient (Wildman–Crippen LogP) is 4.66. The lowest BCUT2D eigenvalue weighted by molar-refractivity contribution is -0.128. The maximum Gasteiger partial charge on any atom is 0.242 e. The van der Waals surface area contributed by atoms with E-state index in [1.54, 1.807) is 29.2 Å². The van der Waals surface area contributed by atoms with Gasteiger partial charge in [0.15, 0.2) is 5.17 Å². The van der Waals surface area contributed by atoms with Gasteiger partial charge in [-0.25, -0.2) is 4.98 Å². The predicted molar refractivity (Wildman–Crippen MR) is 128 cm³/mol. The number of thioether (sulfide) groups is 1. The molecule has 1 saturated heterocycles. The molecule has 160 valence electrons. The molecule has 1 N–H and O–H groups in total. The van der Waals surface area contributed by atoms with Crippen molar-refractivity contribution in [2.75, 3.05) is 11.9 Å². The van der Waals surface area contributed by atoms with E-state index in [0.717, 1.165) is 11.3 Å². The monoisotopic (exact) mass is 461 g/mol. The Hall–Kier alpha value is -3.48. The first kappa shape index (κ1) is 21.7. The highest BCUT2D eigenvalue weighted by molar-refractivity contribution is 8.15. The third-order valence-corrected chi connectivity index (χ3v) is 6.69. The van der Waals surface area contributed by atoms with Crippen molar-refractivity contribution in [3.8, 4) is 17.3 Å². The van der Waals surface area contributed by atoms with Gasteiger partial charge >= 0.3 is 0 Å². The van der Waals surface area contributed by atoms with E-state index in [9.17, 15) is 14.9 Å². The van der Waals surface area contributed by atoms with Gasteiger partial charge in [-0.15, -0.1) is 11.3 Å². The Morgan fingerprint density at radius 3 is 2.72 bits per heavy atom. The second-order valence-corrected chi connectivity index (χ2v) is 8.88. The Bertz CT molecular complexity index is 1220. The lowest BCUT2D eigenvalue weighted by Gasteiger charge is -2.13. The smallest absolute Gasteiger partial charge is 0.242 e. The number of benzene rings is 2. The SMILES string of the molecule is CCN1C(=O)C(CC(=O)Nc2ccccc2C#N)S/C1=N/c1nc(-c2ccccc2)cs1. The third-order valence-electron chi connectivity index (χ3n) is 4.78. The minimum absolute atomic E-state index is 0.00802. The highest BCUT2D eigenvalue weighted by Gasteiger charge is 2.38. The molecule has 1 aliphatic heterocycles. The minimum atomic E-state index is -0.573. The summed E-state index contributed by atoms with van der Waals surface area (Å²) in [6.07, 6.45) is -0.00802. The van der Waals surface area contributed by atoms with E-state index in [1.165, 1.54) is 23.1 Å². The number of para-hydroxylation sites is 1. The van der Waals surface area contributed by atoms with Crippen LogP contribution >= 0.6 is 23.1 Å². The normalized spacial score (nSPS) is 16.9. The van der Waals surface area contributed by atoms with Gasteiger partial charge in [0, 0.05) is 23.9 Å². The van der Waals surface area contributed by atoms with Crippen molar-refractivity contribution in [3.05, 3.63) is 65.5 Å². The molecule has 32 heavy (non-hydrogen) atoms. The van der Waals surface area contributed by atoms with Gasteiger partial charge in [0.1, 0.15) is 11.3 Å². The van der Waals surface area contributed by atoms with Crippen molar-refractivity contribution < 1.29 is 9.59 Å². The number of anilines is 1. The fourth-order valence-electron chi connectivity index (χ4n) is 3.21. The van der Waals surface area contributed by atoms with Crippen LogP contribution in [0.4, 0.5) is 10.8 Å². The second-order valence-electron chi connectivity index (χ2n) is 6.87. The number of aliphatic imine (C=N–C) groups is 1. The van der Waals surface area contributed by atoms with Gasteiger partial charge in [0.2, 0.25) is 16.9 Å². The number of amides is 2. The summed E-state index contributed by atoms with van der Waals surface area (Å²) in [7, 11) is 0. The van der Waals surface area contributed by atoms with Gasteiger partial charge in [-0.3, -0.25) is 14.5 Å². The minimum Gasteiger partial charge on any atom is -0.325 e. The van der Waals surface area contributed by atoms with Crippen LogP contribution in [0.2, 0.25) is 0 Å². The maximum atomic E-state index is 12.8. The van der Waals surface area contributed by atoms with Crippen LogP contribution in [0, 0.1) is 11.3 Å². The summed E-state index contributed by atoms with van der Waals surface area (Å²) >= 11 is 2.67. The molecule has 1 atom stereocenters. The van der Waals surface area contributed by atoms with Crippen LogP contribution in [-0.4, -0.2) is 38.7 Å². The summed E-state index contributed by atoms with van der Waals surface area (Å²) in [4.78, 5) is 36.1. The molecule has 1 aromatic heterocycles. The van der Waals surface area contributed by atoms with E-state index in [4.69, 9.17) is 0 Å². The number of amidine groups is 1. The molecular weight excluding hydrogens is 442 g/mol. The number of hydrogen-bond donors (Lipinski definition) is 1. The van der Waals surface area contributed by atoms with Crippen LogP contribution in [-0.2, 0) is 9.59 Å². The van der Waals surface area contributed by atoms with Gasteiger partial charge in [-0.05, 0) is 19.1 Å². The molecular formula is C23H19N5O2S2. The molecule has 0 spiro atoms. The number of hydrogen-bond acceptors (Lipinski definition) is 7. The summed E-state index contributed by atoms with van der Waals surface area (Å²) < 4.78 is 0. The molecule has 0 aliphatic carbocycles. The molecule has 1 unspecified atom stereocenters. The summed E-state index contributed by atoms with van der Waals surface area (Å²) in [5.41, 5.74) is 2.65. The van der Waals surface area contributed by atoms with Crippen molar-refractivity contribution in [1.82, 2.24) is 9.88 Å². The number of nitriles is 1.